The number of hydrogen-bond donors (Lipinski definition) is 3. The van der Waals surface area contributed by atoms with E-state index in [0.717, 1.165) is 4.68 Å². The Labute approximate surface area is 246 Å². The number of primary amides is 1. The predicted octanol–water partition coefficient (Wildman–Crippen LogP) is 6.60. The summed E-state index contributed by atoms with van der Waals surface area (Å²) in [5.74, 6) is -5.78. The number of aromatic amines is 1. The zero-order chi connectivity index (χ0) is 32.6. The number of rotatable bonds is 10. The van der Waals surface area contributed by atoms with Gasteiger partial charge in [-0.15, -0.1) is 0 Å². The Bertz CT molecular complexity index is 1500. The van der Waals surface area contributed by atoms with E-state index in [9.17, 15) is 44.7 Å². The zero-order valence-corrected chi connectivity index (χ0v) is 23.9. The fraction of sp³-hybridized carbons (Fsp3) is 0.571. The van der Waals surface area contributed by atoms with Gasteiger partial charge in [0.25, 0.3) is 5.91 Å². The number of alkyl halides is 8. The van der Waals surface area contributed by atoms with Crippen LogP contribution in [0.15, 0.2) is 18.2 Å². The Morgan fingerprint density at radius 2 is 1.75 bits per heavy atom. The topological polar surface area (TPSA) is 119 Å². The number of H-pyrrole nitrogens is 1. The Morgan fingerprint density at radius 3 is 2.34 bits per heavy atom. The maximum atomic E-state index is 14.1. The number of fused-ring (bicyclic) bond motifs is 1. The van der Waals surface area contributed by atoms with Gasteiger partial charge in [0, 0.05) is 31.5 Å². The molecule has 1 aliphatic carbocycles. The number of halogens is 8. The monoisotopic (exact) mass is 636 g/mol. The van der Waals surface area contributed by atoms with Gasteiger partial charge < -0.3 is 16.0 Å². The van der Waals surface area contributed by atoms with Gasteiger partial charge >= 0.3 is 12.4 Å². The minimum atomic E-state index is -4.49. The van der Waals surface area contributed by atoms with Crippen LogP contribution in [0.5, 0.6) is 0 Å². The van der Waals surface area contributed by atoms with E-state index in [4.69, 9.17) is 5.73 Å². The Kier molecular flexibility index (Phi) is 9.31. The van der Waals surface area contributed by atoms with Crippen LogP contribution in [-0.4, -0.2) is 49.8 Å². The molecular weight excluding hydrogens is 604 g/mol. The van der Waals surface area contributed by atoms with E-state index in [1.54, 1.807) is 25.1 Å². The van der Waals surface area contributed by atoms with Gasteiger partial charge in [-0.05, 0) is 50.3 Å². The molecule has 3 aromatic rings. The molecule has 242 valence electrons. The summed E-state index contributed by atoms with van der Waals surface area (Å²) in [5.41, 5.74) is 7.08. The van der Waals surface area contributed by atoms with Gasteiger partial charge in [0.1, 0.15) is 5.82 Å². The van der Waals surface area contributed by atoms with Crippen molar-refractivity contribution < 1.29 is 44.7 Å². The first-order valence-corrected chi connectivity index (χ1v) is 14.0. The number of imidazole rings is 1. The molecule has 8 nitrogen and oxygen atoms in total. The van der Waals surface area contributed by atoms with Crippen LogP contribution in [0.1, 0.15) is 97.0 Å². The first-order valence-electron chi connectivity index (χ1n) is 14.0. The van der Waals surface area contributed by atoms with Crippen LogP contribution < -0.4 is 11.1 Å². The second-order valence-corrected chi connectivity index (χ2v) is 11.3. The highest BCUT2D eigenvalue weighted by atomic mass is 19.4. The van der Waals surface area contributed by atoms with Gasteiger partial charge in [-0.2, -0.15) is 31.4 Å². The number of carbonyl (C=O) groups excluding carboxylic acids is 2. The molecule has 44 heavy (non-hydrogen) atoms. The number of aromatic nitrogens is 4. The van der Waals surface area contributed by atoms with Crippen LogP contribution in [0.2, 0.25) is 0 Å². The van der Waals surface area contributed by atoms with Crippen LogP contribution in [-0.2, 0) is 11.3 Å². The lowest BCUT2D eigenvalue weighted by atomic mass is 9.76. The summed E-state index contributed by atoms with van der Waals surface area (Å²) in [4.78, 5) is 32.3. The van der Waals surface area contributed by atoms with E-state index in [1.807, 2.05) is 0 Å². The van der Waals surface area contributed by atoms with Crippen molar-refractivity contribution in [3.8, 4) is 0 Å². The molecule has 0 spiro atoms. The molecule has 2 atom stereocenters. The van der Waals surface area contributed by atoms with Crippen molar-refractivity contribution in [1.82, 2.24) is 25.1 Å². The minimum absolute atomic E-state index is 0.0214. The van der Waals surface area contributed by atoms with Crippen LogP contribution in [0.25, 0.3) is 11.0 Å². The molecule has 16 heteroatoms. The molecule has 1 fully saturated rings. The van der Waals surface area contributed by atoms with Gasteiger partial charge in [-0.25, -0.2) is 13.8 Å². The van der Waals surface area contributed by atoms with E-state index in [1.165, 1.54) is 6.92 Å². The zero-order valence-electron chi connectivity index (χ0n) is 23.9. The van der Waals surface area contributed by atoms with E-state index in [0.29, 0.717) is 16.6 Å². The maximum Gasteiger partial charge on any atom is 0.390 e. The largest absolute Gasteiger partial charge is 0.390 e. The van der Waals surface area contributed by atoms with Gasteiger partial charge in [0.05, 0.1) is 47.1 Å². The third kappa shape index (κ3) is 8.05. The van der Waals surface area contributed by atoms with Gasteiger partial charge in [0.15, 0.2) is 0 Å². The highest BCUT2D eigenvalue weighted by Crippen LogP contribution is 2.45. The average molecular weight is 637 g/mol. The molecule has 2 aromatic heterocycles. The van der Waals surface area contributed by atoms with E-state index >= 15 is 0 Å². The van der Waals surface area contributed by atoms with Crippen LogP contribution in [0.4, 0.5) is 35.1 Å². The quantitative estimate of drug-likeness (QED) is 0.218. The van der Waals surface area contributed by atoms with Gasteiger partial charge in [-0.3, -0.25) is 14.3 Å². The number of amides is 2. The lowest BCUT2D eigenvalue weighted by Crippen LogP contribution is -2.30. The lowest BCUT2D eigenvalue weighted by Gasteiger charge is -2.32. The highest BCUT2D eigenvalue weighted by molar-refractivity contribution is 5.95. The summed E-state index contributed by atoms with van der Waals surface area (Å²) in [7, 11) is 0. The first-order chi connectivity index (χ1) is 20.3. The molecule has 1 aromatic carbocycles. The molecule has 0 saturated heterocycles. The second-order valence-electron chi connectivity index (χ2n) is 11.3. The lowest BCUT2D eigenvalue weighted by molar-refractivity contribution is -0.144. The molecule has 0 unspecified atom stereocenters. The fourth-order valence-corrected chi connectivity index (χ4v) is 5.63. The molecule has 2 heterocycles. The van der Waals surface area contributed by atoms with Crippen LogP contribution >= 0.6 is 0 Å². The Morgan fingerprint density at radius 1 is 1.11 bits per heavy atom. The SMILES string of the molecule is Cc1c(C(N)=O)c([C@@H](c2nc3ccc([C@@H](C)NC(=O)CCC(F)(F)F)cc3[nH]2)C2CCC(F)(F)CC2)nn1CCC(F)(F)F. The molecule has 4 rings (SSSR count). The van der Waals surface area contributed by atoms with Crippen molar-refractivity contribution in [2.24, 2.45) is 11.7 Å². The molecule has 0 bridgehead atoms. The summed E-state index contributed by atoms with van der Waals surface area (Å²) in [6.07, 6.45) is -13.0. The number of nitrogens with zero attached hydrogens (tertiary/aromatic N) is 3. The Hall–Kier alpha value is -3.72. The predicted molar refractivity (Wildman–Crippen MR) is 143 cm³/mol. The molecule has 0 aliphatic heterocycles. The molecular formula is C28H32F8N6O2. The molecule has 1 aliphatic rings. The average Bonchev–Trinajstić information content (AvgIpc) is 3.46. The van der Waals surface area contributed by atoms with Crippen molar-refractivity contribution >= 4 is 22.8 Å². The summed E-state index contributed by atoms with van der Waals surface area (Å²) in [6.45, 7) is 2.42. The molecule has 1 saturated carbocycles. The third-order valence-electron chi connectivity index (χ3n) is 7.95. The molecule has 4 N–H and O–H groups in total. The van der Waals surface area contributed by atoms with Gasteiger partial charge in [0.2, 0.25) is 11.8 Å². The van der Waals surface area contributed by atoms with Crippen molar-refractivity contribution in [3.05, 3.63) is 46.5 Å². The normalized spacial score (nSPS) is 17.5. The fourth-order valence-electron chi connectivity index (χ4n) is 5.63. The standard InChI is InChI=1S/C28H32F8N6O2/c1-14(38-20(43)7-10-27(31,32)33)17-3-4-18-19(13-17)40-25(39-18)22(16-5-8-26(29,30)9-6-16)23-21(24(37)44)15(2)42(41-23)12-11-28(34,35)36/h3-4,13-14,16,22H,5-12H2,1-2H3,(H2,37,44)(H,38,43)(H,39,40)/t14-,22+/m1/s1. The molecule has 0 radical (unpaired) electrons. The van der Waals surface area contributed by atoms with Crippen molar-refractivity contribution in [3.63, 3.8) is 0 Å². The van der Waals surface area contributed by atoms with Crippen molar-refractivity contribution in [2.75, 3.05) is 0 Å². The summed E-state index contributed by atoms with van der Waals surface area (Å²) >= 11 is 0. The second kappa shape index (κ2) is 12.3. The van der Waals surface area contributed by atoms with E-state index in [2.05, 4.69) is 20.4 Å². The smallest absolute Gasteiger partial charge is 0.365 e. The van der Waals surface area contributed by atoms with Crippen LogP contribution in [0.3, 0.4) is 0 Å². The van der Waals surface area contributed by atoms with Crippen LogP contribution in [0, 0.1) is 12.8 Å². The van der Waals surface area contributed by atoms with E-state index < -0.39 is 86.6 Å². The minimum Gasteiger partial charge on any atom is -0.365 e. The third-order valence-corrected chi connectivity index (χ3v) is 7.95. The number of benzene rings is 1. The Balaban J connectivity index is 1.71. The first kappa shape index (κ1) is 33.2. The summed E-state index contributed by atoms with van der Waals surface area (Å²) in [6, 6.07) is 4.16. The summed E-state index contributed by atoms with van der Waals surface area (Å²) < 4.78 is 106. The summed E-state index contributed by atoms with van der Waals surface area (Å²) in [5, 5.41) is 6.86. The van der Waals surface area contributed by atoms with E-state index in [-0.39, 0.29) is 35.6 Å². The maximum absolute atomic E-state index is 14.1. The number of nitrogens with two attached hydrogens (primary N) is 1. The number of aryl methyl sites for hydroxylation is 1. The highest BCUT2D eigenvalue weighted by Gasteiger charge is 2.42. The number of carbonyl (C=O) groups is 2. The number of nitrogens with one attached hydrogen (secondary N) is 2. The van der Waals surface area contributed by atoms with Crippen molar-refractivity contribution in [2.45, 2.75) is 95.6 Å². The van der Waals surface area contributed by atoms with Crippen molar-refractivity contribution in [1.29, 1.82) is 0 Å². The van der Waals surface area contributed by atoms with Gasteiger partial charge in [-0.1, -0.05) is 6.07 Å². The number of hydrogen-bond acceptors (Lipinski definition) is 4. The molecule has 2 amide bonds.